The van der Waals surface area contributed by atoms with Gasteiger partial charge in [-0.25, -0.2) is 13.2 Å². The Balaban J connectivity index is 1.35. The third-order valence-corrected chi connectivity index (χ3v) is 8.19. The monoisotopic (exact) mass is 430 g/mol. The van der Waals surface area contributed by atoms with Crippen LogP contribution in [0, 0.1) is 6.92 Å². The molecule has 2 amide bonds. The van der Waals surface area contributed by atoms with Gasteiger partial charge < -0.3 is 14.8 Å². The summed E-state index contributed by atoms with van der Waals surface area (Å²) in [7, 11) is -1.47. The Morgan fingerprint density at radius 1 is 1.03 bits per heavy atom. The molecule has 0 radical (unpaired) electrons. The zero-order valence-corrected chi connectivity index (χ0v) is 18.4. The number of amides is 2. The summed E-state index contributed by atoms with van der Waals surface area (Å²) in [5.41, 5.74) is 2.19. The summed E-state index contributed by atoms with van der Waals surface area (Å²) in [6, 6.07) is 11.1. The van der Waals surface area contributed by atoms with E-state index in [-0.39, 0.29) is 18.1 Å². The predicted octanol–water partition coefficient (Wildman–Crippen LogP) is 3.03. The van der Waals surface area contributed by atoms with Crippen molar-refractivity contribution in [3.05, 3.63) is 53.9 Å². The number of piperidine rings is 1. The van der Waals surface area contributed by atoms with E-state index in [0.29, 0.717) is 30.8 Å². The van der Waals surface area contributed by atoms with Crippen LogP contribution in [0.25, 0.3) is 0 Å². The Hall–Kier alpha value is -2.32. The van der Waals surface area contributed by atoms with E-state index < -0.39 is 10.0 Å². The first-order valence-corrected chi connectivity index (χ1v) is 12.1. The molecule has 0 bridgehead atoms. The second-order valence-corrected chi connectivity index (χ2v) is 10.3. The lowest BCUT2D eigenvalue weighted by atomic mass is 10.1. The van der Waals surface area contributed by atoms with Gasteiger partial charge in [-0.1, -0.05) is 17.7 Å². The first-order valence-electron chi connectivity index (χ1n) is 10.6. The van der Waals surface area contributed by atoms with E-state index in [2.05, 4.69) is 16.0 Å². The Kier molecular flexibility index (Phi) is 5.88. The van der Waals surface area contributed by atoms with E-state index in [0.717, 1.165) is 30.6 Å². The number of nitrogens with one attached hydrogen (secondary N) is 1. The third kappa shape index (κ3) is 4.11. The molecule has 2 fully saturated rings. The first-order chi connectivity index (χ1) is 14.4. The molecular weight excluding hydrogens is 400 g/mol. The van der Waals surface area contributed by atoms with Gasteiger partial charge in [-0.15, -0.1) is 0 Å². The molecule has 0 aliphatic carbocycles. The van der Waals surface area contributed by atoms with Crippen LogP contribution >= 0.6 is 0 Å². The van der Waals surface area contributed by atoms with Gasteiger partial charge in [0.1, 0.15) is 0 Å². The van der Waals surface area contributed by atoms with Gasteiger partial charge >= 0.3 is 6.03 Å². The van der Waals surface area contributed by atoms with Crippen molar-refractivity contribution in [2.24, 2.45) is 7.05 Å². The Morgan fingerprint density at radius 2 is 1.73 bits per heavy atom. The van der Waals surface area contributed by atoms with Crippen molar-refractivity contribution in [3.63, 3.8) is 0 Å². The smallest absolute Gasteiger partial charge is 0.318 e. The highest BCUT2D eigenvalue weighted by Crippen LogP contribution is 2.32. The molecule has 0 saturated carbocycles. The van der Waals surface area contributed by atoms with E-state index in [9.17, 15) is 13.2 Å². The number of nitrogens with zero attached hydrogens (tertiary/aromatic N) is 3. The summed E-state index contributed by atoms with van der Waals surface area (Å²) >= 11 is 0. The van der Waals surface area contributed by atoms with Crippen molar-refractivity contribution in [1.29, 1.82) is 0 Å². The van der Waals surface area contributed by atoms with E-state index >= 15 is 0 Å². The number of benzene rings is 1. The molecule has 2 aromatic rings. The summed E-state index contributed by atoms with van der Waals surface area (Å²) in [6.07, 6.45) is 5.22. The van der Waals surface area contributed by atoms with Gasteiger partial charge in [-0.2, -0.15) is 4.31 Å². The van der Waals surface area contributed by atoms with E-state index in [1.807, 2.05) is 43.3 Å². The number of carbonyl (C=O) groups is 1. The van der Waals surface area contributed by atoms with Gasteiger partial charge in [-0.3, -0.25) is 0 Å². The molecule has 7 nitrogen and oxygen atoms in total. The van der Waals surface area contributed by atoms with Crippen LogP contribution in [0.1, 0.15) is 43.0 Å². The number of aryl methyl sites for hydroxylation is 2. The average molecular weight is 431 g/mol. The number of sulfonamides is 1. The number of hydrogen-bond donors (Lipinski definition) is 1. The maximum absolute atomic E-state index is 12.9. The standard InChI is InChI=1S/C22H30N4O3S/c1-17-7-9-19(10-8-17)30(28,29)25-15-11-18(12-16-25)23-22(27)26-14-4-6-21(26)20-5-3-13-24(20)2/h3,5,7-10,13,18,21H,4,6,11-12,14-16H2,1-2H3,(H,23,27). The lowest BCUT2D eigenvalue weighted by Crippen LogP contribution is -2.50. The van der Waals surface area contributed by atoms with Crippen LogP contribution in [-0.2, 0) is 17.1 Å². The first kappa shape index (κ1) is 20.9. The molecule has 2 aliphatic rings. The summed E-state index contributed by atoms with van der Waals surface area (Å²) in [5, 5.41) is 3.15. The van der Waals surface area contributed by atoms with E-state index in [1.54, 1.807) is 12.1 Å². The highest BCUT2D eigenvalue weighted by Gasteiger charge is 2.34. The molecule has 2 saturated heterocycles. The van der Waals surface area contributed by atoms with Gasteiger partial charge in [0.2, 0.25) is 10.0 Å². The number of likely N-dealkylation sites (tertiary alicyclic amines) is 1. The SMILES string of the molecule is Cc1ccc(S(=O)(=O)N2CCC(NC(=O)N3CCCC3c3cccn3C)CC2)cc1. The number of rotatable bonds is 4. The van der Waals surface area contributed by atoms with Gasteiger partial charge in [0.15, 0.2) is 0 Å². The largest absolute Gasteiger partial charge is 0.353 e. The number of carbonyl (C=O) groups excluding carboxylic acids is 1. The van der Waals surface area contributed by atoms with Crippen molar-refractivity contribution >= 4 is 16.1 Å². The minimum absolute atomic E-state index is 0.00312. The molecule has 1 unspecified atom stereocenters. The molecule has 162 valence electrons. The lowest BCUT2D eigenvalue weighted by Gasteiger charge is -2.33. The summed E-state index contributed by atoms with van der Waals surface area (Å²) in [6.45, 7) is 3.53. The van der Waals surface area contributed by atoms with Gasteiger partial charge in [0, 0.05) is 44.6 Å². The normalized spacial score (nSPS) is 21.1. The molecule has 3 heterocycles. The summed E-state index contributed by atoms with van der Waals surface area (Å²) in [5.74, 6) is 0. The van der Waals surface area contributed by atoms with Gasteiger partial charge in [0.25, 0.3) is 0 Å². The predicted molar refractivity (Wildman–Crippen MR) is 116 cm³/mol. The molecule has 1 atom stereocenters. The fourth-order valence-electron chi connectivity index (χ4n) is 4.50. The van der Waals surface area contributed by atoms with Crippen molar-refractivity contribution in [3.8, 4) is 0 Å². The van der Waals surface area contributed by atoms with Crippen LogP contribution < -0.4 is 5.32 Å². The van der Waals surface area contributed by atoms with E-state index in [1.165, 1.54) is 4.31 Å². The average Bonchev–Trinajstić information content (AvgIpc) is 3.37. The van der Waals surface area contributed by atoms with Crippen LogP contribution in [-0.4, -0.2) is 53.9 Å². The zero-order chi connectivity index (χ0) is 21.3. The maximum atomic E-state index is 12.9. The Bertz CT molecular complexity index is 992. The second-order valence-electron chi connectivity index (χ2n) is 8.34. The van der Waals surface area contributed by atoms with Crippen molar-refractivity contribution < 1.29 is 13.2 Å². The number of urea groups is 1. The third-order valence-electron chi connectivity index (χ3n) is 6.28. The minimum atomic E-state index is -3.48. The quantitative estimate of drug-likeness (QED) is 0.810. The van der Waals surface area contributed by atoms with Gasteiger partial charge in [-0.05, 0) is 56.9 Å². The van der Waals surface area contributed by atoms with Crippen LogP contribution in [0.15, 0.2) is 47.5 Å². The second kappa shape index (κ2) is 8.43. The molecule has 8 heteroatoms. The van der Waals surface area contributed by atoms with Crippen molar-refractivity contribution in [1.82, 2.24) is 19.1 Å². The van der Waals surface area contributed by atoms with Crippen LogP contribution in [0.5, 0.6) is 0 Å². The maximum Gasteiger partial charge on any atom is 0.318 e. The fourth-order valence-corrected chi connectivity index (χ4v) is 5.96. The zero-order valence-electron chi connectivity index (χ0n) is 17.6. The van der Waals surface area contributed by atoms with Crippen LogP contribution in [0.3, 0.4) is 0 Å². The number of aromatic nitrogens is 1. The lowest BCUT2D eigenvalue weighted by molar-refractivity contribution is 0.181. The van der Waals surface area contributed by atoms with Crippen molar-refractivity contribution in [2.45, 2.75) is 49.6 Å². The molecular formula is C22H30N4O3S. The van der Waals surface area contributed by atoms with E-state index in [4.69, 9.17) is 0 Å². The molecule has 1 N–H and O–H groups in total. The topological polar surface area (TPSA) is 74.7 Å². The summed E-state index contributed by atoms with van der Waals surface area (Å²) in [4.78, 5) is 15.2. The van der Waals surface area contributed by atoms with Crippen LogP contribution in [0.2, 0.25) is 0 Å². The van der Waals surface area contributed by atoms with Gasteiger partial charge in [0.05, 0.1) is 10.9 Å². The molecule has 0 spiro atoms. The minimum Gasteiger partial charge on any atom is -0.353 e. The molecule has 2 aliphatic heterocycles. The molecule has 4 rings (SSSR count). The summed E-state index contributed by atoms with van der Waals surface area (Å²) < 4.78 is 29.3. The van der Waals surface area contributed by atoms with Crippen molar-refractivity contribution in [2.75, 3.05) is 19.6 Å². The number of hydrogen-bond acceptors (Lipinski definition) is 3. The Morgan fingerprint density at radius 3 is 2.37 bits per heavy atom. The highest BCUT2D eigenvalue weighted by atomic mass is 32.2. The highest BCUT2D eigenvalue weighted by molar-refractivity contribution is 7.89. The molecule has 1 aromatic carbocycles. The Labute approximate surface area is 178 Å². The molecule has 30 heavy (non-hydrogen) atoms. The van der Waals surface area contributed by atoms with Crippen LogP contribution in [0.4, 0.5) is 4.79 Å². The molecule has 1 aromatic heterocycles. The fraction of sp³-hybridized carbons (Fsp3) is 0.500.